The van der Waals surface area contributed by atoms with Gasteiger partial charge in [0.15, 0.2) is 11.6 Å². The number of hydrogen-bond donors (Lipinski definition) is 4. The fourth-order valence-corrected chi connectivity index (χ4v) is 6.73. The number of carbonyl (C=O) groups excluding carboxylic acids is 4. The van der Waals surface area contributed by atoms with E-state index < -0.39 is 23.1 Å². The lowest BCUT2D eigenvalue weighted by Gasteiger charge is -2.19. The van der Waals surface area contributed by atoms with E-state index in [1.807, 2.05) is 12.1 Å². The second kappa shape index (κ2) is 20.7. The fraction of sp³-hybridized carbons (Fsp3) is 0.158. The third-order valence-electron chi connectivity index (χ3n) is 8.11. The molecule has 6 rings (SSSR count). The topological polar surface area (TPSA) is 237 Å². The molecular weight excluding hydrogens is 955 g/mol. The van der Waals surface area contributed by atoms with Crippen molar-refractivity contribution >= 4 is 111 Å². The number of benzene rings is 2. The molecule has 1 atom stereocenters. The number of rotatable bonds is 7. The van der Waals surface area contributed by atoms with Crippen molar-refractivity contribution in [2.24, 2.45) is 5.10 Å². The summed E-state index contributed by atoms with van der Waals surface area (Å²) in [6.07, 6.45) is 3.54. The van der Waals surface area contributed by atoms with Crippen molar-refractivity contribution in [2.45, 2.75) is 26.3 Å². The first-order chi connectivity index (χ1) is 28.0. The molecule has 1 unspecified atom stereocenters. The van der Waals surface area contributed by atoms with Crippen molar-refractivity contribution in [3.05, 3.63) is 121 Å². The first-order valence-corrected chi connectivity index (χ1v) is 19.6. The van der Waals surface area contributed by atoms with Crippen molar-refractivity contribution in [1.29, 1.82) is 10.5 Å². The maximum Gasteiger partial charge on any atom is 0.274 e. The zero-order valence-electron chi connectivity index (χ0n) is 31.3. The van der Waals surface area contributed by atoms with Gasteiger partial charge in [0, 0.05) is 44.7 Å². The molecule has 3 amide bonds. The SMILES string of the molecule is CNC(=O)c1cc(C#N)cc(C)c1N.CNC(=O)c1cc(C#N)cc(C)c1NC(=O)c1cc(Br)nn1-c1ncccc1Cl.O=C(Cl)C1CC(Br)=NN1c1ncccc1Cl. The van der Waals surface area contributed by atoms with Gasteiger partial charge in [-0.2, -0.15) is 20.7 Å². The van der Waals surface area contributed by atoms with Gasteiger partial charge in [-0.3, -0.25) is 19.2 Å². The Hall–Kier alpha value is -5.89. The Bertz CT molecular complexity index is 2570. The van der Waals surface area contributed by atoms with Gasteiger partial charge in [-0.1, -0.05) is 23.2 Å². The average molecular weight is 986 g/mol. The molecule has 0 bridgehead atoms. The molecule has 1 aliphatic rings. The fourth-order valence-electron chi connectivity index (χ4n) is 5.29. The van der Waals surface area contributed by atoms with Crippen LogP contribution in [0.3, 0.4) is 0 Å². The van der Waals surface area contributed by atoms with Crippen molar-refractivity contribution in [3.8, 4) is 18.0 Å². The molecular formula is C38H31Br2Cl3N12O4. The number of nitrogen functional groups attached to an aromatic ring is 1. The van der Waals surface area contributed by atoms with E-state index in [2.05, 4.69) is 68.0 Å². The van der Waals surface area contributed by atoms with Crippen LogP contribution in [0.4, 0.5) is 17.2 Å². The zero-order chi connectivity index (χ0) is 43.6. The van der Waals surface area contributed by atoms with Crippen LogP contribution in [0.25, 0.3) is 5.82 Å². The van der Waals surface area contributed by atoms with E-state index in [0.717, 1.165) is 5.56 Å². The van der Waals surface area contributed by atoms with Gasteiger partial charge in [0.2, 0.25) is 5.24 Å². The first-order valence-electron chi connectivity index (χ1n) is 16.8. The average Bonchev–Trinajstić information content (AvgIpc) is 3.82. The maximum atomic E-state index is 13.0. The second-order valence-corrected chi connectivity index (χ2v) is 14.9. The number of anilines is 3. The minimum atomic E-state index is -0.552. The highest BCUT2D eigenvalue weighted by atomic mass is 79.9. The highest BCUT2D eigenvalue weighted by molar-refractivity contribution is 9.18. The zero-order valence-corrected chi connectivity index (χ0v) is 36.8. The van der Waals surface area contributed by atoms with E-state index in [9.17, 15) is 24.4 Å². The molecule has 16 nitrogen and oxygen atoms in total. The van der Waals surface area contributed by atoms with Gasteiger partial charge < -0.3 is 21.7 Å². The Kier molecular flexibility index (Phi) is 16.1. The summed E-state index contributed by atoms with van der Waals surface area (Å²) < 4.78 is 2.36. The van der Waals surface area contributed by atoms with Crippen LogP contribution in [0.15, 0.2) is 76.7 Å². The number of aromatic nitrogens is 4. The van der Waals surface area contributed by atoms with E-state index in [4.69, 9.17) is 45.8 Å². The monoisotopic (exact) mass is 982 g/mol. The Balaban J connectivity index is 0.000000216. The summed E-state index contributed by atoms with van der Waals surface area (Å²) in [5.41, 5.74) is 9.17. The molecule has 5 aromatic rings. The van der Waals surface area contributed by atoms with Crippen molar-refractivity contribution in [2.75, 3.05) is 30.2 Å². The number of hydrogen-bond acceptors (Lipinski definition) is 12. The van der Waals surface area contributed by atoms with Gasteiger partial charge in [0.05, 0.1) is 50.1 Å². The predicted molar refractivity (Wildman–Crippen MR) is 232 cm³/mol. The first kappa shape index (κ1) is 45.8. The number of aryl methyl sites for hydroxylation is 2. The van der Waals surface area contributed by atoms with Crippen LogP contribution in [0.2, 0.25) is 10.0 Å². The molecule has 0 fully saturated rings. The summed E-state index contributed by atoms with van der Waals surface area (Å²) >= 11 is 24.2. The molecule has 1 aliphatic heterocycles. The van der Waals surface area contributed by atoms with Gasteiger partial charge >= 0.3 is 0 Å². The minimum Gasteiger partial charge on any atom is -0.398 e. The number of nitrogens with zero attached hydrogens (tertiary/aromatic N) is 8. The molecule has 59 heavy (non-hydrogen) atoms. The van der Waals surface area contributed by atoms with Crippen LogP contribution >= 0.6 is 66.7 Å². The Morgan fingerprint density at radius 3 is 1.92 bits per heavy atom. The van der Waals surface area contributed by atoms with Crippen molar-refractivity contribution in [3.63, 3.8) is 0 Å². The molecule has 21 heteroatoms. The molecule has 0 aliphatic carbocycles. The Morgan fingerprint density at radius 1 is 0.831 bits per heavy atom. The molecule has 0 saturated heterocycles. The third kappa shape index (κ3) is 11.2. The summed E-state index contributed by atoms with van der Waals surface area (Å²) in [5.74, 6) is -0.515. The van der Waals surface area contributed by atoms with Gasteiger partial charge in [0.25, 0.3) is 17.7 Å². The lowest BCUT2D eigenvalue weighted by Crippen LogP contribution is -2.32. The lowest BCUT2D eigenvalue weighted by atomic mass is 10.0. The summed E-state index contributed by atoms with van der Waals surface area (Å²) in [6, 6.07) is 17.8. The summed E-state index contributed by atoms with van der Waals surface area (Å²) in [6.45, 7) is 3.47. The number of nitrogens with two attached hydrogens (primary N) is 1. The molecule has 0 saturated carbocycles. The summed E-state index contributed by atoms with van der Waals surface area (Å²) in [7, 11) is 2.99. The van der Waals surface area contributed by atoms with Gasteiger partial charge in [-0.25, -0.2) is 19.7 Å². The van der Waals surface area contributed by atoms with Crippen molar-refractivity contribution in [1.82, 2.24) is 30.4 Å². The molecule has 302 valence electrons. The van der Waals surface area contributed by atoms with E-state index >= 15 is 0 Å². The van der Waals surface area contributed by atoms with Gasteiger partial charge in [-0.15, -0.1) is 0 Å². The van der Waals surface area contributed by atoms with Crippen molar-refractivity contribution < 1.29 is 19.2 Å². The van der Waals surface area contributed by atoms with Gasteiger partial charge in [0.1, 0.15) is 21.0 Å². The predicted octanol–water partition coefficient (Wildman–Crippen LogP) is 7.07. The Labute approximate surface area is 369 Å². The maximum absolute atomic E-state index is 13.0. The summed E-state index contributed by atoms with van der Waals surface area (Å²) in [5, 5.41) is 35.7. The molecule has 0 radical (unpaired) electrons. The van der Waals surface area contributed by atoms with Crippen LogP contribution in [-0.2, 0) is 4.79 Å². The minimum absolute atomic E-state index is 0.157. The standard InChI is InChI=1S/C19H14BrClN6O2.C10H11N3O.C9H6BrCl2N3O/c1-10-6-11(9-22)7-12(18(28)23-2)16(10)25-19(29)14-8-15(20)26-27(14)17-13(21)4-3-5-24-17;1-6-3-7(5-11)4-8(9(6)12)10(14)13-2;10-7-4-6(8(12)16)15(14-7)9-5(11)2-1-3-13-9/h3-8H,1-2H3,(H,23,28)(H,25,29);3-4H,12H2,1-2H3,(H,13,14);1-3,6H,4H2. The van der Waals surface area contributed by atoms with Crippen LogP contribution < -0.4 is 26.7 Å². The number of nitriles is 2. The number of halogens is 5. The summed E-state index contributed by atoms with van der Waals surface area (Å²) in [4.78, 5) is 56.2. The highest BCUT2D eigenvalue weighted by Gasteiger charge is 2.33. The van der Waals surface area contributed by atoms with E-state index in [0.29, 0.717) is 65.1 Å². The van der Waals surface area contributed by atoms with Crippen LogP contribution in [-0.4, -0.2) is 67.5 Å². The third-order valence-corrected chi connectivity index (χ3v) is 9.82. The molecule has 5 N–H and O–H groups in total. The quantitative estimate of drug-likeness (QED) is 0.0950. The Morgan fingerprint density at radius 2 is 1.37 bits per heavy atom. The number of amides is 3. The molecule has 2 aromatic carbocycles. The number of hydrazone groups is 1. The number of carbonyl (C=O) groups is 4. The largest absolute Gasteiger partial charge is 0.398 e. The van der Waals surface area contributed by atoms with E-state index in [1.54, 1.807) is 56.4 Å². The van der Waals surface area contributed by atoms with Crippen LogP contribution in [0.5, 0.6) is 0 Å². The lowest BCUT2D eigenvalue weighted by molar-refractivity contribution is -0.112. The number of pyridine rings is 2. The normalized spacial score (nSPS) is 12.6. The second-order valence-electron chi connectivity index (χ2n) is 12.0. The molecule has 4 heterocycles. The number of nitrogens with one attached hydrogen (secondary N) is 3. The molecule has 3 aromatic heterocycles. The van der Waals surface area contributed by atoms with E-state index in [1.165, 1.54) is 48.2 Å². The van der Waals surface area contributed by atoms with Crippen LogP contribution in [0.1, 0.15) is 59.9 Å². The highest BCUT2D eigenvalue weighted by Crippen LogP contribution is 2.31. The van der Waals surface area contributed by atoms with Crippen LogP contribution in [0, 0.1) is 36.5 Å². The molecule has 0 spiro atoms. The van der Waals surface area contributed by atoms with Gasteiger partial charge in [-0.05, 0) is 117 Å². The van der Waals surface area contributed by atoms with E-state index in [-0.39, 0.29) is 23.0 Å². The smallest absolute Gasteiger partial charge is 0.274 e.